The monoisotopic (exact) mass is 371 g/mol. The summed E-state index contributed by atoms with van der Waals surface area (Å²) >= 11 is 0. The number of nitrogens with zero attached hydrogens (tertiary/aromatic N) is 3. The number of benzene rings is 1. The van der Waals surface area contributed by atoms with E-state index in [0.29, 0.717) is 17.1 Å². The van der Waals surface area contributed by atoms with Crippen molar-refractivity contribution in [1.29, 1.82) is 5.26 Å². The lowest BCUT2D eigenvalue weighted by Gasteiger charge is -2.32. The van der Waals surface area contributed by atoms with E-state index in [-0.39, 0.29) is 11.3 Å². The molecule has 1 fully saturated rings. The van der Waals surface area contributed by atoms with Gasteiger partial charge in [-0.15, -0.1) is 0 Å². The zero-order chi connectivity index (χ0) is 18.4. The molecule has 25 heavy (non-hydrogen) atoms. The van der Waals surface area contributed by atoms with Gasteiger partial charge < -0.3 is 0 Å². The van der Waals surface area contributed by atoms with Crippen LogP contribution in [0.4, 0.5) is 23.7 Å². The number of hydrogen-bond acceptors (Lipinski definition) is 4. The number of hydrogen-bond donors (Lipinski definition) is 0. The highest BCUT2D eigenvalue weighted by molar-refractivity contribution is 7.90. The molecule has 1 saturated carbocycles. The standard InChI is InChI=1S/C15H12F3N3O3S/c16-15(17,18)11-2-1-3-12(6-11)20-8-10(7-19)9-21(14(20)22)25(23,24)13-4-5-13/h1-3,6,8,13H,4-5,9H2. The van der Waals surface area contributed by atoms with Crippen LogP contribution in [0.1, 0.15) is 18.4 Å². The Hall–Kier alpha value is -2.54. The molecule has 6 nitrogen and oxygen atoms in total. The summed E-state index contributed by atoms with van der Waals surface area (Å²) in [5.41, 5.74) is -1.18. The summed E-state index contributed by atoms with van der Waals surface area (Å²) in [6.07, 6.45) is -2.71. The van der Waals surface area contributed by atoms with Crippen LogP contribution in [0.3, 0.4) is 0 Å². The van der Waals surface area contributed by atoms with E-state index in [2.05, 4.69) is 0 Å². The van der Waals surface area contributed by atoms with Crippen molar-refractivity contribution in [3.05, 3.63) is 41.6 Å². The van der Waals surface area contributed by atoms with Crippen LogP contribution in [-0.2, 0) is 16.2 Å². The second-order valence-electron chi connectivity index (χ2n) is 5.72. The van der Waals surface area contributed by atoms with Gasteiger partial charge in [-0.25, -0.2) is 17.5 Å². The fourth-order valence-electron chi connectivity index (χ4n) is 2.42. The van der Waals surface area contributed by atoms with Crippen molar-refractivity contribution in [2.45, 2.75) is 24.3 Å². The van der Waals surface area contributed by atoms with Gasteiger partial charge in [-0.1, -0.05) is 6.07 Å². The van der Waals surface area contributed by atoms with Gasteiger partial charge in [0.1, 0.15) is 0 Å². The number of sulfonamides is 1. The number of alkyl halides is 3. The van der Waals surface area contributed by atoms with Gasteiger partial charge in [-0.05, 0) is 31.0 Å². The van der Waals surface area contributed by atoms with E-state index < -0.39 is 39.6 Å². The first kappa shape index (κ1) is 17.3. The molecule has 0 N–H and O–H groups in total. The third-order valence-corrected chi connectivity index (χ3v) is 6.08. The van der Waals surface area contributed by atoms with Gasteiger partial charge in [0.15, 0.2) is 0 Å². The predicted molar refractivity (Wildman–Crippen MR) is 81.7 cm³/mol. The maximum atomic E-state index is 12.9. The lowest BCUT2D eigenvalue weighted by molar-refractivity contribution is -0.137. The molecule has 132 valence electrons. The van der Waals surface area contributed by atoms with Crippen LogP contribution >= 0.6 is 0 Å². The van der Waals surface area contributed by atoms with Crippen molar-refractivity contribution in [2.75, 3.05) is 11.4 Å². The summed E-state index contributed by atoms with van der Waals surface area (Å²) in [5, 5.41) is 8.42. The SMILES string of the molecule is N#CC1=CN(c2cccc(C(F)(F)F)c2)C(=O)N(S(=O)(=O)C2CC2)C1. The van der Waals surface area contributed by atoms with Crippen LogP contribution in [0.2, 0.25) is 0 Å². The predicted octanol–water partition coefficient (Wildman–Crippen LogP) is 2.85. The first-order valence-corrected chi connectivity index (χ1v) is 8.77. The Kier molecular flexibility index (Phi) is 3.99. The van der Waals surface area contributed by atoms with Crippen molar-refractivity contribution >= 4 is 21.7 Å². The summed E-state index contributed by atoms with van der Waals surface area (Å²) in [4.78, 5) is 13.3. The summed E-state index contributed by atoms with van der Waals surface area (Å²) in [6, 6.07) is 4.70. The maximum absolute atomic E-state index is 12.9. The van der Waals surface area contributed by atoms with E-state index in [1.165, 1.54) is 6.07 Å². The molecule has 1 aromatic carbocycles. The summed E-state index contributed by atoms with van der Waals surface area (Å²) in [5.74, 6) is 0. The van der Waals surface area contributed by atoms with Crippen molar-refractivity contribution < 1.29 is 26.4 Å². The van der Waals surface area contributed by atoms with E-state index in [4.69, 9.17) is 5.26 Å². The number of halogens is 3. The fourth-order valence-corrected chi connectivity index (χ4v) is 4.14. The Balaban J connectivity index is 2.03. The van der Waals surface area contributed by atoms with Crippen LogP contribution in [0.15, 0.2) is 36.0 Å². The molecule has 1 heterocycles. The quantitative estimate of drug-likeness (QED) is 0.818. The van der Waals surface area contributed by atoms with Gasteiger partial charge in [0.25, 0.3) is 0 Å². The molecule has 0 aromatic heterocycles. The average Bonchev–Trinajstić information content (AvgIpc) is 3.39. The summed E-state index contributed by atoms with van der Waals surface area (Å²) in [7, 11) is -3.93. The molecule has 1 aromatic rings. The fraction of sp³-hybridized carbons (Fsp3) is 0.333. The Morgan fingerprint density at radius 2 is 1.92 bits per heavy atom. The van der Waals surface area contributed by atoms with Gasteiger partial charge in [0, 0.05) is 6.20 Å². The van der Waals surface area contributed by atoms with Gasteiger partial charge >= 0.3 is 12.2 Å². The lowest BCUT2D eigenvalue weighted by atomic mass is 10.1. The number of rotatable bonds is 3. The van der Waals surface area contributed by atoms with Gasteiger partial charge in [-0.2, -0.15) is 18.4 Å². The van der Waals surface area contributed by atoms with Crippen LogP contribution in [-0.4, -0.2) is 30.5 Å². The van der Waals surface area contributed by atoms with Gasteiger partial charge in [0.05, 0.1) is 34.7 Å². The lowest BCUT2D eigenvalue weighted by Crippen LogP contribution is -2.49. The molecule has 2 amide bonds. The molecule has 3 rings (SSSR count). The molecule has 1 aliphatic carbocycles. The number of nitriles is 1. The van der Waals surface area contributed by atoms with Crippen molar-refractivity contribution in [3.8, 4) is 6.07 Å². The van der Waals surface area contributed by atoms with E-state index in [1.54, 1.807) is 6.07 Å². The number of carbonyl (C=O) groups excluding carboxylic acids is 1. The van der Waals surface area contributed by atoms with Crippen molar-refractivity contribution in [1.82, 2.24) is 4.31 Å². The van der Waals surface area contributed by atoms with E-state index in [0.717, 1.165) is 29.3 Å². The number of urea groups is 1. The van der Waals surface area contributed by atoms with Crippen LogP contribution in [0.25, 0.3) is 0 Å². The van der Waals surface area contributed by atoms with Gasteiger partial charge in [0.2, 0.25) is 10.0 Å². The molecule has 0 bridgehead atoms. The number of anilines is 1. The Morgan fingerprint density at radius 1 is 1.24 bits per heavy atom. The van der Waals surface area contributed by atoms with E-state index in [1.807, 2.05) is 0 Å². The molecule has 0 saturated heterocycles. The minimum atomic E-state index is -4.61. The summed E-state index contributed by atoms with van der Waals surface area (Å²) < 4.78 is 64.0. The molecule has 0 unspecified atom stereocenters. The smallest absolute Gasteiger partial charge is 0.268 e. The number of carbonyl (C=O) groups is 1. The van der Waals surface area contributed by atoms with E-state index in [9.17, 15) is 26.4 Å². The molecule has 0 spiro atoms. The topological polar surface area (TPSA) is 81.5 Å². The summed E-state index contributed by atoms with van der Waals surface area (Å²) in [6.45, 7) is -0.413. The molecular formula is C15H12F3N3O3S. The second kappa shape index (κ2) is 5.77. The minimum Gasteiger partial charge on any atom is -0.268 e. The molecule has 1 aliphatic heterocycles. The highest BCUT2D eigenvalue weighted by atomic mass is 32.2. The molecule has 0 atom stereocenters. The normalized spacial score (nSPS) is 18.8. The Bertz CT molecular complexity index is 899. The van der Waals surface area contributed by atoms with Gasteiger partial charge in [-0.3, -0.25) is 4.90 Å². The Labute approximate surface area is 141 Å². The first-order valence-electron chi connectivity index (χ1n) is 7.27. The first-order chi connectivity index (χ1) is 11.6. The van der Waals surface area contributed by atoms with Crippen molar-refractivity contribution in [3.63, 3.8) is 0 Å². The highest BCUT2D eigenvalue weighted by Gasteiger charge is 2.45. The molecule has 2 aliphatic rings. The molecule has 0 radical (unpaired) electrons. The van der Waals surface area contributed by atoms with Crippen LogP contribution in [0.5, 0.6) is 0 Å². The second-order valence-corrected chi connectivity index (χ2v) is 7.86. The minimum absolute atomic E-state index is 0.0405. The Morgan fingerprint density at radius 3 is 2.48 bits per heavy atom. The maximum Gasteiger partial charge on any atom is 0.416 e. The third-order valence-electron chi connectivity index (χ3n) is 3.87. The molecule has 10 heteroatoms. The number of amides is 2. The molecular weight excluding hydrogens is 359 g/mol. The van der Waals surface area contributed by atoms with Crippen LogP contribution in [0, 0.1) is 11.3 Å². The third kappa shape index (κ3) is 3.19. The average molecular weight is 371 g/mol. The van der Waals surface area contributed by atoms with Crippen LogP contribution < -0.4 is 4.90 Å². The van der Waals surface area contributed by atoms with E-state index >= 15 is 0 Å². The zero-order valence-electron chi connectivity index (χ0n) is 12.7. The zero-order valence-corrected chi connectivity index (χ0v) is 13.5. The largest absolute Gasteiger partial charge is 0.416 e. The highest BCUT2D eigenvalue weighted by Crippen LogP contribution is 2.35. The van der Waals surface area contributed by atoms with Crippen molar-refractivity contribution in [2.24, 2.45) is 0 Å².